The number of hydrogen-bond acceptors (Lipinski definition) is 5. The van der Waals surface area contributed by atoms with Gasteiger partial charge in [-0.3, -0.25) is 4.79 Å². The van der Waals surface area contributed by atoms with Crippen LogP contribution in [-0.2, 0) is 4.79 Å². The monoisotopic (exact) mass is 342 g/mol. The van der Waals surface area contributed by atoms with Gasteiger partial charge in [-0.05, 0) is 24.8 Å². The Morgan fingerprint density at radius 2 is 1.80 bits per heavy atom. The highest BCUT2D eigenvalue weighted by atomic mass is 16.4. The Morgan fingerprint density at radius 1 is 1.12 bits per heavy atom. The molecule has 1 N–H and O–H groups in total. The number of anilines is 1. The molecular weight excluding hydrogens is 316 g/mol. The van der Waals surface area contributed by atoms with Crippen molar-refractivity contribution in [2.75, 3.05) is 18.0 Å². The highest BCUT2D eigenvalue weighted by Gasteiger charge is 2.29. The molecule has 0 aliphatic carbocycles. The van der Waals surface area contributed by atoms with E-state index in [-0.39, 0.29) is 5.91 Å². The van der Waals surface area contributed by atoms with E-state index >= 15 is 0 Å². The Hall–Kier alpha value is -2.37. The number of carbonyl (C=O) groups is 1. The molecule has 0 bridgehead atoms. The minimum Gasteiger partial charge on any atom is -0.405 e. The minimum atomic E-state index is -0.497. The van der Waals surface area contributed by atoms with Gasteiger partial charge < -0.3 is 14.6 Å². The summed E-state index contributed by atoms with van der Waals surface area (Å²) in [6, 6.07) is 9.83. The Balaban J connectivity index is 1.86. The van der Waals surface area contributed by atoms with E-state index in [1.54, 1.807) is 0 Å². The molecule has 0 unspecified atom stereocenters. The molecule has 1 aliphatic heterocycles. The zero-order chi connectivity index (χ0) is 17.9. The molecule has 1 aromatic carbocycles. The second kappa shape index (κ2) is 7.25. The quantitative estimate of drug-likeness (QED) is 0.923. The van der Waals surface area contributed by atoms with Crippen LogP contribution in [0, 0.1) is 5.41 Å². The van der Waals surface area contributed by atoms with Gasteiger partial charge in [-0.25, -0.2) is 0 Å². The molecule has 134 valence electrons. The number of rotatable bonds is 4. The summed E-state index contributed by atoms with van der Waals surface area (Å²) in [5, 5.41) is 11.5. The molecule has 1 aliphatic rings. The van der Waals surface area contributed by atoms with E-state index in [0.717, 1.165) is 31.5 Å². The van der Waals surface area contributed by atoms with Crippen molar-refractivity contribution in [3.63, 3.8) is 0 Å². The summed E-state index contributed by atoms with van der Waals surface area (Å²) in [7, 11) is 0. The van der Waals surface area contributed by atoms with E-state index in [1.165, 1.54) is 6.42 Å². The molecule has 1 aromatic heterocycles. The summed E-state index contributed by atoms with van der Waals surface area (Å²) < 4.78 is 5.94. The SMILES string of the molecule is CC(C)(C)C(=O)N[C@H](c1ccccc1)c1nnc(N2CCCCC2)o1. The fourth-order valence-electron chi connectivity index (χ4n) is 2.84. The summed E-state index contributed by atoms with van der Waals surface area (Å²) in [6.45, 7) is 7.53. The van der Waals surface area contributed by atoms with E-state index in [0.29, 0.717) is 11.9 Å². The molecule has 1 atom stereocenters. The molecule has 1 fully saturated rings. The fourth-order valence-corrected chi connectivity index (χ4v) is 2.84. The van der Waals surface area contributed by atoms with E-state index in [1.807, 2.05) is 51.1 Å². The molecule has 2 heterocycles. The van der Waals surface area contributed by atoms with Crippen LogP contribution in [0.1, 0.15) is 57.5 Å². The van der Waals surface area contributed by atoms with Crippen molar-refractivity contribution >= 4 is 11.9 Å². The third kappa shape index (κ3) is 4.18. The molecule has 1 amide bonds. The zero-order valence-corrected chi connectivity index (χ0v) is 15.2. The lowest BCUT2D eigenvalue weighted by atomic mass is 9.94. The maximum Gasteiger partial charge on any atom is 0.318 e. The lowest BCUT2D eigenvalue weighted by molar-refractivity contribution is -0.129. The maximum atomic E-state index is 12.5. The van der Waals surface area contributed by atoms with Gasteiger partial charge in [-0.2, -0.15) is 0 Å². The predicted molar refractivity (Wildman–Crippen MR) is 96.2 cm³/mol. The largest absolute Gasteiger partial charge is 0.405 e. The molecule has 2 aromatic rings. The first-order valence-corrected chi connectivity index (χ1v) is 8.89. The molecule has 25 heavy (non-hydrogen) atoms. The Bertz CT molecular complexity index is 700. The van der Waals surface area contributed by atoms with Crippen LogP contribution in [0.3, 0.4) is 0 Å². The van der Waals surface area contributed by atoms with Crippen molar-refractivity contribution in [2.45, 2.75) is 46.1 Å². The van der Waals surface area contributed by atoms with Crippen molar-refractivity contribution in [2.24, 2.45) is 5.41 Å². The van der Waals surface area contributed by atoms with Crippen LogP contribution in [0.5, 0.6) is 0 Å². The van der Waals surface area contributed by atoms with Gasteiger partial charge in [0, 0.05) is 18.5 Å². The van der Waals surface area contributed by atoms with Crippen molar-refractivity contribution in [3.8, 4) is 0 Å². The van der Waals surface area contributed by atoms with Crippen LogP contribution in [0.25, 0.3) is 0 Å². The summed E-state index contributed by atoms with van der Waals surface area (Å²) in [4.78, 5) is 14.6. The average molecular weight is 342 g/mol. The van der Waals surface area contributed by atoms with Crippen LogP contribution in [0.2, 0.25) is 0 Å². The molecule has 6 nitrogen and oxygen atoms in total. The molecule has 1 saturated heterocycles. The lowest BCUT2D eigenvalue weighted by Crippen LogP contribution is -2.38. The highest BCUT2D eigenvalue weighted by Crippen LogP contribution is 2.26. The number of aromatic nitrogens is 2. The van der Waals surface area contributed by atoms with Crippen LogP contribution >= 0.6 is 0 Å². The standard InChI is InChI=1S/C19H26N4O2/c1-19(2,3)17(24)20-15(14-10-6-4-7-11-14)16-21-22-18(25-16)23-12-8-5-9-13-23/h4,6-7,10-11,15H,5,8-9,12-13H2,1-3H3,(H,20,24)/t15-/m1/s1. The van der Waals surface area contributed by atoms with E-state index < -0.39 is 11.5 Å². The number of benzene rings is 1. The molecule has 0 saturated carbocycles. The Kier molecular flexibility index (Phi) is 5.06. The van der Waals surface area contributed by atoms with Gasteiger partial charge in [0.25, 0.3) is 0 Å². The predicted octanol–water partition coefficient (Wildman–Crippen LogP) is 3.31. The minimum absolute atomic E-state index is 0.0564. The topological polar surface area (TPSA) is 71.3 Å². The van der Waals surface area contributed by atoms with Gasteiger partial charge in [0.2, 0.25) is 11.8 Å². The van der Waals surface area contributed by atoms with Crippen LogP contribution in [0.4, 0.5) is 6.01 Å². The first-order valence-electron chi connectivity index (χ1n) is 8.89. The second-order valence-electron chi connectivity index (χ2n) is 7.54. The summed E-state index contributed by atoms with van der Waals surface area (Å²) in [5.41, 5.74) is 0.428. The molecule has 6 heteroatoms. The first-order chi connectivity index (χ1) is 11.9. The van der Waals surface area contributed by atoms with Crippen LogP contribution in [0.15, 0.2) is 34.7 Å². The summed E-state index contributed by atoms with van der Waals surface area (Å²) in [5.74, 6) is 0.364. The number of amides is 1. The maximum absolute atomic E-state index is 12.5. The van der Waals surface area contributed by atoms with E-state index in [4.69, 9.17) is 4.42 Å². The number of nitrogens with one attached hydrogen (secondary N) is 1. The first kappa shape index (κ1) is 17.5. The van der Waals surface area contributed by atoms with Crippen LogP contribution in [-0.4, -0.2) is 29.2 Å². The summed E-state index contributed by atoms with van der Waals surface area (Å²) >= 11 is 0. The number of piperidine rings is 1. The lowest BCUT2D eigenvalue weighted by Gasteiger charge is -2.24. The fraction of sp³-hybridized carbons (Fsp3) is 0.526. The third-order valence-corrected chi connectivity index (χ3v) is 4.39. The average Bonchev–Trinajstić information content (AvgIpc) is 3.10. The van der Waals surface area contributed by atoms with Gasteiger partial charge in [-0.15, -0.1) is 5.10 Å². The van der Waals surface area contributed by atoms with Gasteiger partial charge >= 0.3 is 6.01 Å². The van der Waals surface area contributed by atoms with E-state index in [2.05, 4.69) is 20.4 Å². The number of carbonyl (C=O) groups excluding carboxylic acids is 1. The van der Waals surface area contributed by atoms with E-state index in [9.17, 15) is 4.79 Å². The molecule has 0 radical (unpaired) electrons. The number of nitrogens with zero attached hydrogens (tertiary/aromatic N) is 3. The van der Waals surface area contributed by atoms with Crippen molar-refractivity contribution in [3.05, 3.63) is 41.8 Å². The number of hydrogen-bond donors (Lipinski definition) is 1. The zero-order valence-electron chi connectivity index (χ0n) is 15.2. The second-order valence-corrected chi connectivity index (χ2v) is 7.54. The molecule has 0 spiro atoms. The van der Waals surface area contributed by atoms with Gasteiger partial charge in [-0.1, -0.05) is 56.2 Å². The van der Waals surface area contributed by atoms with Gasteiger partial charge in [0.15, 0.2) is 0 Å². The normalized spacial score (nSPS) is 16.5. The molecule has 3 rings (SSSR count). The Labute approximate surface area is 148 Å². The van der Waals surface area contributed by atoms with Crippen LogP contribution < -0.4 is 10.2 Å². The molecular formula is C19H26N4O2. The van der Waals surface area contributed by atoms with Crippen molar-refractivity contribution < 1.29 is 9.21 Å². The highest BCUT2D eigenvalue weighted by molar-refractivity contribution is 5.82. The van der Waals surface area contributed by atoms with Gasteiger partial charge in [0.05, 0.1) is 0 Å². The summed E-state index contributed by atoms with van der Waals surface area (Å²) in [6.07, 6.45) is 3.52. The third-order valence-electron chi connectivity index (χ3n) is 4.39. The Morgan fingerprint density at radius 3 is 2.44 bits per heavy atom. The van der Waals surface area contributed by atoms with Crippen molar-refractivity contribution in [1.29, 1.82) is 0 Å². The van der Waals surface area contributed by atoms with Gasteiger partial charge in [0.1, 0.15) is 6.04 Å². The van der Waals surface area contributed by atoms with Crippen molar-refractivity contribution in [1.82, 2.24) is 15.5 Å². The smallest absolute Gasteiger partial charge is 0.318 e.